The van der Waals surface area contributed by atoms with E-state index in [1.165, 1.54) is 111 Å². The van der Waals surface area contributed by atoms with Crippen LogP contribution in [0, 0.1) is 6.57 Å². The Labute approximate surface area is 865 Å². The van der Waals surface area contributed by atoms with E-state index in [9.17, 15) is 0 Å². The fourth-order valence-corrected chi connectivity index (χ4v) is 25.9. The molecule has 0 aliphatic heterocycles. The fraction of sp³-hybridized carbons (Fsp3) is 0.0226. The van der Waals surface area contributed by atoms with Crippen molar-refractivity contribution < 1.29 is 11.3 Å². The lowest BCUT2D eigenvalue weighted by Gasteiger charge is -2.22. The fourth-order valence-electron chi connectivity index (χ4n) is 22.5. The van der Waals surface area contributed by atoms with Crippen molar-refractivity contribution in [1.29, 1.82) is 0 Å². The molecule has 0 unspecified atom stereocenters. The number of rotatable bonds is 9. The first kappa shape index (κ1) is 79.7. The van der Waals surface area contributed by atoms with Crippen LogP contribution in [0.1, 0.15) is 32.0 Å². The summed E-state index contributed by atoms with van der Waals surface area (Å²) < 4.78 is 61.1. The van der Waals surface area contributed by atoms with Crippen LogP contribution in [-0.2, 0) is 5.41 Å². The number of hydrogen-bond acceptors (Lipinski definition) is 11. The van der Waals surface area contributed by atoms with Gasteiger partial charge in [-0.3, -0.25) is 18.7 Å². The zero-order chi connectivity index (χ0) is 102. The van der Waals surface area contributed by atoms with E-state index < -0.39 is 18.1 Å². The van der Waals surface area contributed by atoms with E-state index in [0.717, 1.165) is 137 Å². The highest BCUT2D eigenvalue weighted by Gasteiger charge is 2.41. The van der Waals surface area contributed by atoms with Gasteiger partial charge in [-0.25, -0.2) is 34.7 Å². The molecule has 0 saturated heterocycles. The zero-order valence-electron chi connectivity index (χ0n) is 84.3. The summed E-state index contributed by atoms with van der Waals surface area (Å²) in [5, 5.41) is 23.4. The molecular formula is C133H79N11OS3. The highest BCUT2D eigenvalue weighted by molar-refractivity contribution is 7.26. The molecule has 0 amide bonds. The van der Waals surface area contributed by atoms with Crippen LogP contribution < -0.4 is 0 Å². The molecule has 20 aromatic carbocycles. The summed E-state index contributed by atoms with van der Waals surface area (Å²) in [5.74, 6) is 2.62. The first-order valence-corrected chi connectivity index (χ1v) is 51.7. The van der Waals surface area contributed by atoms with E-state index in [2.05, 4.69) is 359 Å². The van der Waals surface area contributed by atoms with Crippen molar-refractivity contribution in [2.24, 2.45) is 0 Å². The normalized spacial score (nSPS) is 12.9. The highest BCUT2D eigenvalue weighted by Crippen LogP contribution is 2.53. The summed E-state index contributed by atoms with van der Waals surface area (Å²) in [6.45, 7) is 12.2. The monoisotopic (exact) mass is 1950 g/mol. The van der Waals surface area contributed by atoms with Gasteiger partial charge in [-0.05, 0) is 198 Å². The zero-order valence-corrected chi connectivity index (χ0v) is 81.8. The SMILES string of the molecule is CC1(C)c2cc(-c3ccc4ccccc4c3)ccc2-c2nc(-c3ccc4c(c3)sc3ccccc34)c(-n3c4ccccc4c4cc5ccccc5cc43)nc21.[2H]c1c([2H])c([2H])c(-c2ccc3c(c2)oc2c(-n4c5ccccc5c5cc6ccccc6cc54)nc(-c4cccc([N+]#[C-])c4)nc23)c([2H])c1[2H].c1ccc(-c2ccc3c(c2)sc2nc(-n4c5ccccc5c5cc6ccccc6cc54)c(-c4ccc5c(c4)sc4ccccc45)nc23)nc1. The quantitative estimate of drug-likeness (QED) is 0.131. The topological polar surface area (TPSA) is 123 Å². The van der Waals surface area contributed by atoms with Gasteiger partial charge in [0.05, 0.1) is 63.6 Å². The Hall–Kier alpha value is -18.8. The van der Waals surface area contributed by atoms with Crippen molar-refractivity contribution in [2.75, 3.05) is 0 Å². The van der Waals surface area contributed by atoms with Gasteiger partial charge in [-0.1, -0.05) is 323 Å². The predicted molar refractivity (Wildman–Crippen MR) is 619 cm³/mol. The summed E-state index contributed by atoms with van der Waals surface area (Å²) >= 11 is 5.36. The van der Waals surface area contributed by atoms with E-state index in [1.54, 1.807) is 41.7 Å². The molecule has 12 nitrogen and oxygen atoms in total. The molecule has 1 aliphatic rings. The molecular weight excluding hydrogens is 1860 g/mol. The molecule has 148 heavy (non-hydrogen) atoms. The molecule has 0 bridgehead atoms. The highest BCUT2D eigenvalue weighted by atomic mass is 32.1. The second kappa shape index (κ2) is 33.4. The average molecular weight is 1950 g/mol. The number of fused-ring (bicyclic) bond motifs is 28. The Bertz CT molecular complexity index is 11500. The van der Waals surface area contributed by atoms with Crippen molar-refractivity contribution in [1.82, 2.24) is 48.6 Å². The Balaban J connectivity index is 0.000000105. The molecule has 690 valence electrons. The molecule has 11 heterocycles. The molecule has 0 saturated carbocycles. The number of benzene rings is 20. The van der Waals surface area contributed by atoms with Gasteiger partial charge in [-0.15, -0.1) is 34.0 Å². The molecule has 0 atom stereocenters. The van der Waals surface area contributed by atoms with E-state index in [0.29, 0.717) is 50.5 Å². The summed E-state index contributed by atoms with van der Waals surface area (Å²) in [5.41, 5.74) is 22.7. The molecule has 31 aromatic rings. The third-order valence-electron chi connectivity index (χ3n) is 29.6. The minimum atomic E-state index is -0.447. The molecule has 0 fully saturated rings. The molecule has 15 heteroatoms. The van der Waals surface area contributed by atoms with Crippen molar-refractivity contribution in [3.8, 4) is 96.1 Å². The van der Waals surface area contributed by atoms with E-state index >= 15 is 0 Å². The van der Waals surface area contributed by atoms with Crippen molar-refractivity contribution in [2.45, 2.75) is 19.3 Å². The minimum absolute atomic E-state index is 0.0885. The number of pyridine rings is 1. The second-order valence-corrected chi connectivity index (χ2v) is 41.7. The molecule has 0 spiro atoms. The van der Waals surface area contributed by atoms with Crippen LogP contribution in [0.25, 0.3) is 292 Å². The predicted octanol–water partition coefficient (Wildman–Crippen LogP) is 36.6. The second-order valence-electron chi connectivity index (χ2n) is 38.5. The summed E-state index contributed by atoms with van der Waals surface area (Å²) in [6, 6.07) is 141. The maximum atomic E-state index is 8.53. The number of aromatic nitrogens is 10. The Morgan fingerprint density at radius 2 is 0.764 bits per heavy atom. The Morgan fingerprint density at radius 1 is 0.297 bits per heavy atom. The number of para-hydroxylation sites is 3. The molecule has 11 aromatic heterocycles. The smallest absolute Gasteiger partial charge is 0.197 e. The van der Waals surface area contributed by atoms with E-state index in [4.69, 9.17) is 47.7 Å². The van der Waals surface area contributed by atoms with Crippen LogP contribution in [0.3, 0.4) is 0 Å². The van der Waals surface area contributed by atoms with Crippen LogP contribution in [0.2, 0.25) is 0 Å². The van der Waals surface area contributed by atoms with Crippen LogP contribution in [0.15, 0.2) is 447 Å². The first-order chi connectivity index (χ1) is 75.1. The average Bonchev–Trinajstić information content (AvgIpc) is 1.55. The minimum Gasteiger partial charge on any atom is -0.450 e. The van der Waals surface area contributed by atoms with Crippen molar-refractivity contribution in [3.63, 3.8) is 0 Å². The third kappa shape index (κ3) is 13.6. The van der Waals surface area contributed by atoms with Crippen LogP contribution in [0.5, 0.6) is 0 Å². The summed E-state index contributed by atoms with van der Waals surface area (Å²) in [4.78, 5) is 41.8. The van der Waals surface area contributed by atoms with Gasteiger partial charge in [0.1, 0.15) is 32.8 Å². The van der Waals surface area contributed by atoms with Gasteiger partial charge in [0.15, 0.2) is 34.5 Å². The molecule has 1 aliphatic carbocycles. The van der Waals surface area contributed by atoms with E-state index in [1.807, 2.05) is 83.5 Å². The lowest BCUT2D eigenvalue weighted by atomic mass is 9.84. The molecule has 32 rings (SSSR count). The van der Waals surface area contributed by atoms with Gasteiger partial charge in [0.2, 0.25) is 0 Å². The van der Waals surface area contributed by atoms with Crippen molar-refractivity contribution >= 4 is 231 Å². The van der Waals surface area contributed by atoms with Gasteiger partial charge >= 0.3 is 0 Å². The van der Waals surface area contributed by atoms with Crippen LogP contribution >= 0.6 is 34.0 Å². The van der Waals surface area contributed by atoms with Gasteiger partial charge in [0, 0.05) is 128 Å². The summed E-state index contributed by atoms with van der Waals surface area (Å²) in [7, 11) is 0. The van der Waals surface area contributed by atoms with Gasteiger partial charge in [-0.2, -0.15) is 0 Å². The number of hydrogen-bond donors (Lipinski definition) is 0. The number of furan rings is 1. The maximum absolute atomic E-state index is 8.53. The van der Waals surface area contributed by atoms with Gasteiger partial charge < -0.3 is 4.42 Å². The van der Waals surface area contributed by atoms with Crippen LogP contribution in [-0.4, -0.2) is 48.6 Å². The largest absolute Gasteiger partial charge is 0.450 e. The van der Waals surface area contributed by atoms with Crippen molar-refractivity contribution in [3.05, 3.63) is 466 Å². The first-order valence-electron chi connectivity index (χ1n) is 51.7. The Kier molecular flexibility index (Phi) is 18.0. The molecule has 0 N–H and O–H groups in total. The number of thiophene rings is 3. The maximum Gasteiger partial charge on any atom is 0.197 e. The number of nitrogens with zero attached hydrogens (tertiary/aromatic N) is 11. The van der Waals surface area contributed by atoms with Gasteiger partial charge in [0.25, 0.3) is 0 Å². The third-order valence-corrected chi connectivity index (χ3v) is 32.9. The Morgan fingerprint density at radius 3 is 1.36 bits per heavy atom. The lowest BCUT2D eigenvalue weighted by molar-refractivity contribution is 0.633. The lowest BCUT2D eigenvalue weighted by Crippen LogP contribution is -2.19. The standard InChI is InChI=1S/C51H33N3S.C43H24N4S2.C39H22N4O/c1-51(2)42-27-35(34-20-19-30-11-3-4-12-31(30)25-34)21-24-40(42)48-49(51)53-50(47(52-48)36-22-23-39-38-16-8-10-18-45(38)55-46(39)29-36)54-43-17-9-7-15-37(43)41-26-32-13-5-6-14-33(32)28-44(41)54;1-2-10-26-22-36-33(21-25(26)9-1)29-11-3-5-14-35(29)47(36)42-40(28-17-18-31-30-12-4-6-15-37(30)48-38(31)24-28)45-41-32-19-16-27(34-13-7-8-20-44-34)23-39(32)49-43(41)46-42;1-40-29-15-9-14-28(20-29)38-41-36-31-19-18-27(24-10-3-2-4-11-24)23-35(31)44-37(36)39(42-38)43-33-17-8-7-16-30(33)32-21-25-12-5-6-13-26(25)22-34(32)43/h3-29H,1-2H3;1-24H;2-23H/i;;2D,3D,4D,10D,11D. The summed E-state index contributed by atoms with van der Waals surface area (Å²) in [6.07, 6.45) is 1.84. The van der Waals surface area contributed by atoms with E-state index in [-0.39, 0.29) is 23.1 Å². The molecule has 0 radical (unpaired) electrons. The van der Waals surface area contributed by atoms with Crippen LogP contribution in [0.4, 0.5) is 5.69 Å².